The van der Waals surface area contributed by atoms with Gasteiger partial charge in [-0.15, -0.1) is 0 Å². The Hall–Kier alpha value is -4.20. The number of carbonyl (C=O) groups excluding carboxylic acids is 1. The first-order chi connectivity index (χ1) is 16.5. The van der Waals surface area contributed by atoms with Crippen molar-refractivity contribution < 1.29 is 18.7 Å². The first kappa shape index (κ1) is 23.0. The Morgan fingerprint density at radius 3 is 2.29 bits per heavy atom. The van der Waals surface area contributed by atoms with Gasteiger partial charge in [0.25, 0.3) is 5.56 Å². The highest BCUT2D eigenvalue weighted by Crippen LogP contribution is 2.23. The molecule has 1 unspecified atom stereocenters. The number of rotatable bonds is 8. The Morgan fingerprint density at radius 2 is 1.65 bits per heavy atom. The summed E-state index contributed by atoms with van der Waals surface area (Å²) in [6.45, 7) is -0.243. The molecule has 0 radical (unpaired) electrons. The summed E-state index contributed by atoms with van der Waals surface area (Å²) in [4.78, 5) is 29.9. The van der Waals surface area contributed by atoms with Crippen LogP contribution in [0, 0.1) is 5.82 Å². The molecule has 1 amide bonds. The molecule has 1 heterocycles. The molecular formula is C26H24FN3O4. The number of fused-ring (bicyclic) bond motifs is 1. The summed E-state index contributed by atoms with van der Waals surface area (Å²) in [6, 6.07) is 18.5. The van der Waals surface area contributed by atoms with Crippen LogP contribution in [0.5, 0.6) is 11.5 Å². The van der Waals surface area contributed by atoms with Crippen molar-refractivity contribution in [1.82, 2.24) is 14.9 Å². The molecule has 0 aliphatic carbocycles. The molecular weight excluding hydrogens is 437 g/mol. The molecule has 0 fully saturated rings. The molecule has 174 valence electrons. The van der Waals surface area contributed by atoms with E-state index in [0.717, 1.165) is 22.9 Å². The molecule has 0 bridgehead atoms. The van der Waals surface area contributed by atoms with Crippen molar-refractivity contribution in [3.63, 3.8) is 0 Å². The lowest BCUT2D eigenvalue weighted by atomic mass is 9.98. The SMILES string of the molecule is COc1ccc(CC(NC(=O)Cn2cnc3ccc(F)cc3c2=O)c2ccc(OC)cc2)cc1. The molecule has 4 rings (SSSR count). The van der Waals surface area contributed by atoms with Crippen LogP contribution >= 0.6 is 0 Å². The smallest absolute Gasteiger partial charge is 0.261 e. The number of amides is 1. The molecule has 3 aromatic carbocycles. The monoisotopic (exact) mass is 461 g/mol. The molecule has 1 N–H and O–H groups in total. The zero-order valence-electron chi connectivity index (χ0n) is 18.8. The molecule has 1 aromatic heterocycles. The normalized spacial score (nSPS) is 11.7. The Kier molecular flexibility index (Phi) is 6.87. The van der Waals surface area contributed by atoms with Crippen LogP contribution in [0.25, 0.3) is 10.9 Å². The Morgan fingerprint density at radius 1 is 1.00 bits per heavy atom. The lowest BCUT2D eigenvalue weighted by Gasteiger charge is -2.20. The third kappa shape index (κ3) is 5.23. The summed E-state index contributed by atoms with van der Waals surface area (Å²) < 4.78 is 25.2. The van der Waals surface area contributed by atoms with Crippen LogP contribution in [0.4, 0.5) is 4.39 Å². The van der Waals surface area contributed by atoms with E-state index in [1.165, 1.54) is 23.0 Å². The Bertz CT molecular complexity index is 1350. The first-order valence-corrected chi connectivity index (χ1v) is 10.7. The Labute approximate surface area is 195 Å². The van der Waals surface area contributed by atoms with Gasteiger partial charge >= 0.3 is 0 Å². The van der Waals surface area contributed by atoms with Crippen molar-refractivity contribution in [3.8, 4) is 11.5 Å². The zero-order chi connectivity index (χ0) is 24.1. The van der Waals surface area contributed by atoms with E-state index >= 15 is 0 Å². The van der Waals surface area contributed by atoms with E-state index in [2.05, 4.69) is 10.3 Å². The molecule has 7 nitrogen and oxygen atoms in total. The maximum absolute atomic E-state index is 13.6. The van der Waals surface area contributed by atoms with Gasteiger partial charge in [-0.2, -0.15) is 0 Å². The van der Waals surface area contributed by atoms with Crippen LogP contribution in [0.15, 0.2) is 77.9 Å². The molecule has 0 spiro atoms. The molecule has 34 heavy (non-hydrogen) atoms. The second-order valence-corrected chi connectivity index (χ2v) is 7.78. The molecule has 8 heteroatoms. The van der Waals surface area contributed by atoms with Gasteiger partial charge in [-0.3, -0.25) is 14.2 Å². The molecule has 0 aliphatic heterocycles. The number of carbonyl (C=O) groups is 1. The lowest BCUT2D eigenvalue weighted by molar-refractivity contribution is -0.122. The van der Waals surface area contributed by atoms with Gasteiger partial charge in [0.15, 0.2) is 0 Å². The summed E-state index contributed by atoms with van der Waals surface area (Å²) in [7, 11) is 3.19. The molecule has 4 aromatic rings. The summed E-state index contributed by atoms with van der Waals surface area (Å²) in [6.07, 6.45) is 1.83. The van der Waals surface area contributed by atoms with Crippen LogP contribution in [0.2, 0.25) is 0 Å². The topological polar surface area (TPSA) is 82.5 Å². The number of methoxy groups -OCH3 is 2. The second kappa shape index (κ2) is 10.2. The van der Waals surface area contributed by atoms with E-state index in [1.807, 2.05) is 48.5 Å². The molecule has 0 saturated heterocycles. The summed E-state index contributed by atoms with van der Waals surface area (Å²) in [5.41, 5.74) is 1.78. The Balaban J connectivity index is 1.57. The first-order valence-electron chi connectivity index (χ1n) is 10.7. The maximum atomic E-state index is 13.6. The second-order valence-electron chi connectivity index (χ2n) is 7.78. The number of halogens is 1. The molecule has 0 aliphatic rings. The fourth-order valence-corrected chi connectivity index (χ4v) is 3.72. The predicted octanol–water partition coefficient (Wildman–Crippen LogP) is 3.65. The van der Waals surface area contributed by atoms with E-state index < -0.39 is 11.4 Å². The van der Waals surface area contributed by atoms with Crippen LogP contribution < -0.4 is 20.3 Å². The van der Waals surface area contributed by atoms with Gasteiger partial charge in [0.05, 0.1) is 37.5 Å². The summed E-state index contributed by atoms with van der Waals surface area (Å²) in [5.74, 6) is 0.550. The maximum Gasteiger partial charge on any atom is 0.261 e. The number of hydrogen-bond acceptors (Lipinski definition) is 5. The molecule has 0 saturated carbocycles. The van der Waals surface area contributed by atoms with Crippen LogP contribution in [-0.2, 0) is 17.8 Å². The van der Waals surface area contributed by atoms with Gasteiger partial charge in [0.2, 0.25) is 5.91 Å². The van der Waals surface area contributed by atoms with E-state index in [9.17, 15) is 14.0 Å². The van der Waals surface area contributed by atoms with Gasteiger partial charge < -0.3 is 14.8 Å². The number of aromatic nitrogens is 2. The lowest BCUT2D eigenvalue weighted by Crippen LogP contribution is -2.35. The van der Waals surface area contributed by atoms with E-state index in [0.29, 0.717) is 17.7 Å². The van der Waals surface area contributed by atoms with Crippen LogP contribution in [0.1, 0.15) is 17.2 Å². The van der Waals surface area contributed by atoms with Gasteiger partial charge in [0.1, 0.15) is 23.9 Å². The van der Waals surface area contributed by atoms with E-state index in [-0.39, 0.29) is 23.9 Å². The van der Waals surface area contributed by atoms with Crippen molar-refractivity contribution in [2.24, 2.45) is 0 Å². The number of ether oxygens (including phenoxy) is 2. The number of nitrogens with zero attached hydrogens (tertiary/aromatic N) is 2. The summed E-state index contributed by atoms with van der Waals surface area (Å²) >= 11 is 0. The fraction of sp³-hybridized carbons (Fsp3) is 0.192. The average Bonchev–Trinajstić information content (AvgIpc) is 2.86. The van der Waals surface area contributed by atoms with E-state index in [1.54, 1.807) is 14.2 Å². The highest BCUT2D eigenvalue weighted by Gasteiger charge is 2.17. The number of hydrogen-bond donors (Lipinski definition) is 1. The minimum Gasteiger partial charge on any atom is -0.497 e. The minimum absolute atomic E-state index is 0.125. The molecule has 1 atom stereocenters. The minimum atomic E-state index is -0.535. The highest BCUT2D eigenvalue weighted by atomic mass is 19.1. The third-order valence-electron chi connectivity index (χ3n) is 5.55. The van der Waals surface area contributed by atoms with Crippen molar-refractivity contribution in [1.29, 1.82) is 0 Å². The van der Waals surface area contributed by atoms with Gasteiger partial charge in [-0.1, -0.05) is 24.3 Å². The van der Waals surface area contributed by atoms with Gasteiger partial charge in [0, 0.05) is 0 Å². The van der Waals surface area contributed by atoms with Gasteiger partial charge in [-0.05, 0) is 60.0 Å². The highest BCUT2D eigenvalue weighted by molar-refractivity contribution is 5.79. The fourth-order valence-electron chi connectivity index (χ4n) is 3.72. The quantitative estimate of drug-likeness (QED) is 0.433. The zero-order valence-corrected chi connectivity index (χ0v) is 18.8. The number of nitrogens with one attached hydrogen (secondary N) is 1. The van der Waals surface area contributed by atoms with E-state index in [4.69, 9.17) is 9.47 Å². The number of benzene rings is 3. The largest absolute Gasteiger partial charge is 0.497 e. The van der Waals surface area contributed by atoms with Crippen molar-refractivity contribution in [3.05, 3.63) is 100 Å². The van der Waals surface area contributed by atoms with Crippen LogP contribution in [-0.4, -0.2) is 29.7 Å². The van der Waals surface area contributed by atoms with Crippen molar-refractivity contribution in [2.75, 3.05) is 14.2 Å². The standard InChI is InChI=1S/C26H24FN3O4/c1-33-20-8-3-17(4-9-20)13-24(18-5-10-21(34-2)11-6-18)29-25(31)15-30-16-28-23-12-7-19(27)14-22(23)26(30)32/h3-12,14,16,24H,13,15H2,1-2H3,(H,29,31). The van der Waals surface area contributed by atoms with Crippen molar-refractivity contribution in [2.45, 2.75) is 19.0 Å². The van der Waals surface area contributed by atoms with Crippen LogP contribution in [0.3, 0.4) is 0 Å². The summed E-state index contributed by atoms with van der Waals surface area (Å²) in [5, 5.41) is 3.14. The predicted molar refractivity (Wildman–Crippen MR) is 127 cm³/mol. The van der Waals surface area contributed by atoms with Gasteiger partial charge in [-0.25, -0.2) is 9.37 Å². The average molecular weight is 461 g/mol. The van der Waals surface area contributed by atoms with Crippen molar-refractivity contribution >= 4 is 16.8 Å². The third-order valence-corrected chi connectivity index (χ3v) is 5.55.